The van der Waals surface area contributed by atoms with Gasteiger partial charge < -0.3 is 14.8 Å². The standard InChI is InChI=1S/C17H17F3N2O5S2/c18-17(19,20)27-13-3-1-12(2-4-13)21-15(23)11-14-5-6-16(28-14)29(24,25)22-7-9-26-10-8-22/h1-6H,7-11H2,(H,21,23). The van der Waals surface area contributed by atoms with Crippen LogP contribution < -0.4 is 10.1 Å². The Morgan fingerprint density at radius 3 is 2.41 bits per heavy atom. The number of carbonyl (C=O) groups excluding carboxylic acids is 1. The van der Waals surface area contributed by atoms with Crippen molar-refractivity contribution in [3.8, 4) is 5.75 Å². The molecule has 0 saturated carbocycles. The van der Waals surface area contributed by atoms with E-state index < -0.39 is 28.0 Å². The SMILES string of the molecule is O=C(Cc1ccc(S(=O)(=O)N2CCOCC2)s1)Nc1ccc(OC(F)(F)F)cc1. The number of carbonyl (C=O) groups is 1. The lowest BCUT2D eigenvalue weighted by atomic mass is 10.2. The Kier molecular flexibility index (Phi) is 6.46. The third kappa shape index (κ3) is 5.92. The van der Waals surface area contributed by atoms with E-state index in [1.54, 1.807) is 6.07 Å². The van der Waals surface area contributed by atoms with E-state index >= 15 is 0 Å². The summed E-state index contributed by atoms with van der Waals surface area (Å²) in [4.78, 5) is 12.7. The maximum absolute atomic E-state index is 12.6. The van der Waals surface area contributed by atoms with Crippen molar-refractivity contribution in [3.63, 3.8) is 0 Å². The smallest absolute Gasteiger partial charge is 0.406 e. The van der Waals surface area contributed by atoms with Gasteiger partial charge in [0.15, 0.2) is 0 Å². The van der Waals surface area contributed by atoms with Crippen molar-refractivity contribution >= 4 is 33.0 Å². The Labute approximate surface area is 169 Å². The van der Waals surface area contributed by atoms with E-state index in [-0.39, 0.29) is 23.7 Å². The average molecular weight is 450 g/mol. The van der Waals surface area contributed by atoms with E-state index in [1.165, 1.54) is 22.5 Å². The number of nitrogens with one attached hydrogen (secondary N) is 1. The van der Waals surface area contributed by atoms with Crippen LogP contribution in [0.4, 0.5) is 18.9 Å². The number of nitrogens with zero attached hydrogens (tertiary/aromatic N) is 1. The van der Waals surface area contributed by atoms with Gasteiger partial charge in [0, 0.05) is 23.7 Å². The lowest BCUT2D eigenvalue weighted by Gasteiger charge is -2.25. The molecule has 0 aliphatic carbocycles. The van der Waals surface area contributed by atoms with Crippen LogP contribution in [0.25, 0.3) is 0 Å². The summed E-state index contributed by atoms with van der Waals surface area (Å²) in [6, 6.07) is 7.76. The van der Waals surface area contributed by atoms with E-state index in [0.29, 0.717) is 23.8 Å². The number of alkyl halides is 3. The zero-order valence-electron chi connectivity index (χ0n) is 14.9. The summed E-state index contributed by atoms with van der Waals surface area (Å²) < 4.78 is 72.1. The summed E-state index contributed by atoms with van der Waals surface area (Å²) in [5.41, 5.74) is 0.294. The number of hydrogen-bond donors (Lipinski definition) is 1. The largest absolute Gasteiger partial charge is 0.573 e. The van der Waals surface area contributed by atoms with Crippen molar-refractivity contribution < 1.29 is 35.9 Å². The number of morpholine rings is 1. The fourth-order valence-electron chi connectivity index (χ4n) is 2.61. The maximum atomic E-state index is 12.6. The van der Waals surface area contributed by atoms with Gasteiger partial charge in [-0.2, -0.15) is 4.31 Å². The van der Waals surface area contributed by atoms with Crippen molar-refractivity contribution in [1.82, 2.24) is 4.31 Å². The van der Waals surface area contributed by atoms with Crippen LogP contribution in [0.2, 0.25) is 0 Å². The summed E-state index contributed by atoms with van der Waals surface area (Å²) in [7, 11) is -3.62. The molecular formula is C17H17F3N2O5S2. The lowest BCUT2D eigenvalue weighted by Crippen LogP contribution is -2.40. The van der Waals surface area contributed by atoms with Crippen LogP contribution in [0, 0.1) is 0 Å². The molecule has 1 aliphatic heterocycles. The lowest BCUT2D eigenvalue weighted by molar-refractivity contribution is -0.274. The number of benzene rings is 1. The van der Waals surface area contributed by atoms with E-state index in [2.05, 4.69) is 10.1 Å². The van der Waals surface area contributed by atoms with Crippen molar-refractivity contribution in [2.45, 2.75) is 17.0 Å². The summed E-state index contributed by atoms with van der Waals surface area (Å²) in [5, 5.41) is 2.55. The zero-order valence-corrected chi connectivity index (χ0v) is 16.6. The van der Waals surface area contributed by atoms with Crippen LogP contribution in [0.5, 0.6) is 5.75 Å². The number of anilines is 1. The van der Waals surface area contributed by atoms with Gasteiger partial charge in [0.05, 0.1) is 19.6 Å². The zero-order chi connectivity index (χ0) is 21.1. The molecule has 1 saturated heterocycles. The molecule has 0 atom stereocenters. The van der Waals surface area contributed by atoms with Crippen LogP contribution in [-0.2, 0) is 26.0 Å². The van der Waals surface area contributed by atoms with E-state index in [4.69, 9.17) is 4.74 Å². The molecule has 2 heterocycles. The molecule has 0 radical (unpaired) electrons. The predicted molar refractivity (Wildman–Crippen MR) is 99.4 cm³/mol. The number of hydrogen-bond acceptors (Lipinski definition) is 6. The second-order valence-corrected chi connectivity index (χ2v) is 9.37. The average Bonchev–Trinajstić information content (AvgIpc) is 3.12. The van der Waals surface area contributed by atoms with E-state index in [9.17, 15) is 26.4 Å². The summed E-state index contributed by atoms with van der Waals surface area (Å²) in [6.07, 6.45) is -4.85. The van der Waals surface area contributed by atoms with Gasteiger partial charge in [-0.1, -0.05) is 0 Å². The van der Waals surface area contributed by atoms with Gasteiger partial charge >= 0.3 is 6.36 Å². The third-order valence-electron chi connectivity index (χ3n) is 3.91. The molecule has 29 heavy (non-hydrogen) atoms. The van der Waals surface area contributed by atoms with Gasteiger partial charge in [0.25, 0.3) is 10.0 Å². The van der Waals surface area contributed by atoms with Crippen LogP contribution >= 0.6 is 11.3 Å². The topological polar surface area (TPSA) is 84.9 Å². The fraction of sp³-hybridized carbons (Fsp3) is 0.353. The van der Waals surface area contributed by atoms with Gasteiger partial charge in [0.1, 0.15) is 9.96 Å². The Morgan fingerprint density at radius 1 is 1.14 bits per heavy atom. The predicted octanol–water partition coefficient (Wildman–Crippen LogP) is 2.85. The highest BCUT2D eigenvalue weighted by Crippen LogP contribution is 2.27. The minimum Gasteiger partial charge on any atom is -0.406 e. The minimum absolute atomic E-state index is 0.0654. The molecule has 1 N–H and O–H groups in total. The quantitative estimate of drug-likeness (QED) is 0.732. The Hall–Kier alpha value is -2.15. The van der Waals surface area contributed by atoms with Crippen molar-refractivity contribution in [3.05, 3.63) is 41.3 Å². The van der Waals surface area contributed by atoms with Crippen molar-refractivity contribution in [2.75, 3.05) is 31.6 Å². The molecule has 0 spiro atoms. The molecule has 158 valence electrons. The fourth-order valence-corrected chi connectivity index (χ4v) is 5.53. The van der Waals surface area contributed by atoms with Gasteiger partial charge in [-0.05, 0) is 36.4 Å². The Bertz CT molecular complexity index is 952. The molecule has 12 heteroatoms. The first-order valence-corrected chi connectivity index (χ1v) is 10.7. The number of rotatable bonds is 6. The molecule has 1 aliphatic rings. The first-order chi connectivity index (χ1) is 13.6. The van der Waals surface area contributed by atoms with E-state index in [1.807, 2.05) is 0 Å². The number of sulfonamides is 1. The highest BCUT2D eigenvalue weighted by Gasteiger charge is 2.31. The van der Waals surface area contributed by atoms with Crippen LogP contribution in [0.1, 0.15) is 4.88 Å². The number of thiophene rings is 1. The molecule has 7 nitrogen and oxygen atoms in total. The van der Waals surface area contributed by atoms with Gasteiger partial charge in [-0.3, -0.25) is 4.79 Å². The van der Waals surface area contributed by atoms with Gasteiger partial charge in [0.2, 0.25) is 5.91 Å². The molecule has 1 fully saturated rings. The molecule has 1 amide bonds. The Balaban J connectivity index is 1.59. The highest BCUT2D eigenvalue weighted by molar-refractivity contribution is 7.91. The highest BCUT2D eigenvalue weighted by atomic mass is 32.2. The van der Waals surface area contributed by atoms with E-state index in [0.717, 1.165) is 23.5 Å². The van der Waals surface area contributed by atoms with Gasteiger partial charge in [-0.25, -0.2) is 8.42 Å². The maximum Gasteiger partial charge on any atom is 0.573 e. The molecule has 1 aromatic carbocycles. The molecular weight excluding hydrogens is 433 g/mol. The van der Waals surface area contributed by atoms with Crippen molar-refractivity contribution in [2.24, 2.45) is 0 Å². The normalized spacial score (nSPS) is 15.8. The van der Waals surface area contributed by atoms with Crippen LogP contribution in [0.15, 0.2) is 40.6 Å². The second-order valence-electron chi connectivity index (χ2n) is 6.03. The second kappa shape index (κ2) is 8.69. The molecule has 3 rings (SSSR count). The number of halogens is 3. The summed E-state index contributed by atoms with van der Waals surface area (Å²) in [6.45, 7) is 1.24. The Morgan fingerprint density at radius 2 is 1.79 bits per heavy atom. The van der Waals surface area contributed by atoms with Crippen molar-refractivity contribution in [1.29, 1.82) is 0 Å². The minimum atomic E-state index is -4.79. The number of ether oxygens (including phenoxy) is 2. The summed E-state index contributed by atoms with van der Waals surface area (Å²) in [5.74, 6) is -0.821. The van der Waals surface area contributed by atoms with Gasteiger partial charge in [-0.15, -0.1) is 24.5 Å². The number of amides is 1. The molecule has 2 aromatic rings. The van der Waals surface area contributed by atoms with Crippen LogP contribution in [0.3, 0.4) is 0 Å². The third-order valence-corrected chi connectivity index (χ3v) is 7.36. The first-order valence-electron chi connectivity index (χ1n) is 8.46. The summed E-state index contributed by atoms with van der Waals surface area (Å²) >= 11 is 1.00. The first kappa shape index (κ1) is 21.6. The molecule has 0 bridgehead atoms. The van der Waals surface area contributed by atoms with Crippen LogP contribution in [-0.4, -0.2) is 51.3 Å². The molecule has 0 unspecified atom stereocenters. The molecule has 1 aromatic heterocycles. The monoisotopic (exact) mass is 450 g/mol.